The van der Waals surface area contributed by atoms with Crippen molar-refractivity contribution in [1.29, 1.82) is 5.26 Å². The number of benzene rings is 2. The molecule has 6 rings (SSSR count). The van der Waals surface area contributed by atoms with Crippen LogP contribution in [0.4, 0.5) is 19.6 Å². The van der Waals surface area contributed by atoms with Gasteiger partial charge >= 0.3 is 0 Å². The third-order valence-electron chi connectivity index (χ3n) is 7.12. The minimum absolute atomic E-state index is 0.0237. The van der Waals surface area contributed by atoms with E-state index < -0.39 is 11.6 Å². The Bertz CT molecular complexity index is 1660. The van der Waals surface area contributed by atoms with Crippen LogP contribution in [-0.4, -0.2) is 22.3 Å². The zero-order chi connectivity index (χ0) is 25.3. The summed E-state index contributed by atoms with van der Waals surface area (Å²) in [5.74, 6) is -1.22. The lowest BCUT2D eigenvalue weighted by molar-refractivity contribution is 0.0657. The number of hydrogen-bond acceptors (Lipinski definition) is 6. The van der Waals surface area contributed by atoms with Gasteiger partial charge in [0.05, 0.1) is 21.3 Å². The number of nitrogen functional groups attached to an aromatic ring is 2. The van der Waals surface area contributed by atoms with Crippen molar-refractivity contribution >= 4 is 49.7 Å². The Hall–Kier alpha value is -3.74. The lowest BCUT2D eigenvalue weighted by atomic mass is 9.90. The molecule has 1 aliphatic carbocycles. The molecule has 1 atom stereocenters. The van der Waals surface area contributed by atoms with Gasteiger partial charge < -0.3 is 16.4 Å². The van der Waals surface area contributed by atoms with E-state index in [1.807, 2.05) is 12.1 Å². The molecule has 0 fully saturated rings. The summed E-state index contributed by atoms with van der Waals surface area (Å²) in [6, 6.07) is 7.44. The number of amides is 1. The Morgan fingerprint density at radius 2 is 1.97 bits per heavy atom. The second-order valence-electron chi connectivity index (χ2n) is 8.90. The molecule has 0 spiro atoms. The molecule has 0 bridgehead atoms. The van der Waals surface area contributed by atoms with Crippen LogP contribution in [0.15, 0.2) is 30.5 Å². The maximum atomic E-state index is 15.7. The van der Waals surface area contributed by atoms with Crippen molar-refractivity contribution in [3.8, 4) is 17.2 Å². The molecule has 4 aromatic rings. The molecular formula is C26H18ClF2N5OS. The van der Waals surface area contributed by atoms with Crippen LogP contribution in [0, 0.1) is 23.0 Å². The van der Waals surface area contributed by atoms with Gasteiger partial charge in [-0.1, -0.05) is 17.7 Å². The highest BCUT2D eigenvalue weighted by Gasteiger charge is 2.38. The molecular weight excluding hydrogens is 504 g/mol. The van der Waals surface area contributed by atoms with E-state index in [1.165, 1.54) is 18.2 Å². The standard InChI is InChI=1S/C26H18ClF2N5OS/c27-22-12-6-8-34(18-4-1-11-5-7-33-24(31)19(11)18)26(35)14(12)9-17(29)21(22)13-2-3-16(28)23-20(13)15(10-30)25(32)36-23/h2-3,5,7,9,18H,1,4,6,8,32H2,(H2,31,33). The van der Waals surface area contributed by atoms with E-state index in [2.05, 4.69) is 4.98 Å². The fourth-order valence-corrected chi connectivity index (χ4v) is 6.86. The topological polar surface area (TPSA) is 109 Å². The van der Waals surface area contributed by atoms with Gasteiger partial charge in [0.15, 0.2) is 0 Å². The summed E-state index contributed by atoms with van der Waals surface area (Å²) in [6.07, 6.45) is 3.56. The van der Waals surface area contributed by atoms with Crippen molar-refractivity contribution in [3.05, 3.63) is 74.9 Å². The number of nitriles is 1. The summed E-state index contributed by atoms with van der Waals surface area (Å²) in [5, 5.41) is 10.1. The number of aryl methyl sites for hydroxylation is 1. The van der Waals surface area contributed by atoms with Crippen molar-refractivity contribution < 1.29 is 13.6 Å². The molecule has 0 saturated heterocycles. The molecule has 6 nitrogen and oxygen atoms in total. The number of aromatic nitrogens is 1. The summed E-state index contributed by atoms with van der Waals surface area (Å²) in [6.45, 7) is 0.378. The fourth-order valence-electron chi connectivity index (χ4n) is 5.52. The van der Waals surface area contributed by atoms with E-state index in [1.54, 1.807) is 11.1 Å². The molecule has 1 aliphatic heterocycles. The Morgan fingerprint density at radius 1 is 1.17 bits per heavy atom. The molecule has 0 saturated carbocycles. The summed E-state index contributed by atoms with van der Waals surface area (Å²) >= 11 is 7.67. The molecule has 1 unspecified atom stereocenters. The predicted octanol–water partition coefficient (Wildman–Crippen LogP) is 5.62. The van der Waals surface area contributed by atoms with Gasteiger partial charge in [0.25, 0.3) is 5.91 Å². The molecule has 3 heterocycles. The SMILES string of the molecule is N#Cc1c(N)sc2c(F)ccc(-c3c(F)cc4c(c3Cl)CCN(C3CCc5ccnc(N)c53)C4=O)c12. The van der Waals surface area contributed by atoms with Crippen molar-refractivity contribution in [2.24, 2.45) is 0 Å². The monoisotopic (exact) mass is 521 g/mol. The number of nitrogens with zero attached hydrogens (tertiary/aromatic N) is 3. The quantitative estimate of drug-likeness (QED) is 0.356. The largest absolute Gasteiger partial charge is 0.389 e. The van der Waals surface area contributed by atoms with E-state index in [0.717, 1.165) is 28.9 Å². The first-order valence-electron chi connectivity index (χ1n) is 11.3. The third kappa shape index (κ3) is 3.11. The van der Waals surface area contributed by atoms with Crippen LogP contribution in [0.5, 0.6) is 0 Å². The fraction of sp³-hybridized carbons (Fsp3) is 0.192. The van der Waals surface area contributed by atoms with Gasteiger partial charge in [-0.3, -0.25) is 4.79 Å². The van der Waals surface area contributed by atoms with E-state index in [-0.39, 0.29) is 54.3 Å². The lowest BCUT2D eigenvalue weighted by Crippen LogP contribution is -2.40. The predicted molar refractivity (Wildman–Crippen MR) is 136 cm³/mol. The number of nitrogens with two attached hydrogens (primary N) is 2. The molecule has 2 aromatic carbocycles. The van der Waals surface area contributed by atoms with Gasteiger partial charge in [0.2, 0.25) is 0 Å². The zero-order valence-corrected chi connectivity index (χ0v) is 20.3. The highest BCUT2D eigenvalue weighted by atomic mass is 35.5. The summed E-state index contributed by atoms with van der Waals surface area (Å²) in [4.78, 5) is 19.5. The number of rotatable bonds is 2. The van der Waals surface area contributed by atoms with E-state index in [0.29, 0.717) is 30.8 Å². The molecule has 2 aliphatic rings. The van der Waals surface area contributed by atoms with Gasteiger partial charge in [-0.2, -0.15) is 5.26 Å². The normalized spacial score (nSPS) is 16.8. The first kappa shape index (κ1) is 22.7. The molecule has 180 valence electrons. The summed E-state index contributed by atoms with van der Waals surface area (Å²) in [7, 11) is 0. The molecule has 2 aromatic heterocycles. The minimum Gasteiger partial charge on any atom is -0.389 e. The number of fused-ring (bicyclic) bond motifs is 3. The van der Waals surface area contributed by atoms with E-state index in [4.69, 9.17) is 23.1 Å². The van der Waals surface area contributed by atoms with E-state index >= 15 is 4.39 Å². The third-order valence-corrected chi connectivity index (χ3v) is 8.56. The number of thiophene rings is 1. The van der Waals surface area contributed by atoms with Crippen molar-refractivity contribution in [1.82, 2.24) is 9.88 Å². The second kappa shape index (κ2) is 8.15. The van der Waals surface area contributed by atoms with Gasteiger partial charge in [-0.25, -0.2) is 13.8 Å². The highest BCUT2D eigenvalue weighted by molar-refractivity contribution is 7.23. The van der Waals surface area contributed by atoms with Crippen molar-refractivity contribution in [2.45, 2.75) is 25.3 Å². The summed E-state index contributed by atoms with van der Waals surface area (Å²) in [5.41, 5.74) is 15.1. The first-order valence-corrected chi connectivity index (χ1v) is 12.5. The zero-order valence-electron chi connectivity index (χ0n) is 18.7. The lowest BCUT2D eigenvalue weighted by Gasteiger charge is -2.35. The van der Waals surface area contributed by atoms with Crippen LogP contribution in [-0.2, 0) is 12.8 Å². The molecule has 4 N–H and O–H groups in total. The van der Waals surface area contributed by atoms with Gasteiger partial charge in [-0.05, 0) is 54.2 Å². The minimum atomic E-state index is -0.733. The molecule has 36 heavy (non-hydrogen) atoms. The summed E-state index contributed by atoms with van der Waals surface area (Å²) < 4.78 is 30.4. The Kier molecular flexibility index (Phi) is 5.14. The van der Waals surface area contributed by atoms with Crippen LogP contribution < -0.4 is 11.5 Å². The maximum absolute atomic E-state index is 15.7. The number of pyridine rings is 1. The van der Waals surface area contributed by atoms with E-state index in [9.17, 15) is 14.4 Å². The number of carbonyl (C=O) groups excluding carboxylic acids is 1. The molecule has 0 radical (unpaired) electrons. The number of anilines is 2. The number of halogens is 3. The van der Waals surface area contributed by atoms with Crippen LogP contribution >= 0.6 is 22.9 Å². The van der Waals surface area contributed by atoms with Gasteiger partial charge in [0, 0.05) is 34.8 Å². The smallest absolute Gasteiger partial charge is 0.254 e. The average Bonchev–Trinajstić information content (AvgIpc) is 3.43. The van der Waals surface area contributed by atoms with Crippen LogP contribution in [0.3, 0.4) is 0 Å². The first-order chi connectivity index (χ1) is 17.3. The van der Waals surface area contributed by atoms with Crippen LogP contribution in [0.25, 0.3) is 21.2 Å². The highest BCUT2D eigenvalue weighted by Crippen LogP contribution is 2.46. The van der Waals surface area contributed by atoms with Crippen LogP contribution in [0.2, 0.25) is 5.02 Å². The number of hydrogen-bond donors (Lipinski definition) is 2. The van der Waals surface area contributed by atoms with Crippen LogP contribution in [0.1, 0.15) is 45.1 Å². The van der Waals surface area contributed by atoms with Gasteiger partial charge in [-0.15, -0.1) is 11.3 Å². The average molecular weight is 522 g/mol. The second-order valence-corrected chi connectivity index (χ2v) is 10.3. The molecule has 10 heteroatoms. The maximum Gasteiger partial charge on any atom is 0.254 e. The Labute approximate surface area is 213 Å². The Balaban J connectivity index is 1.48. The van der Waals surface area contributed by atoms with Crippen molar-refractivity contribution in [2.75, 3.05) is 18.0 Å². The van der Waals surface area contributed by atoms with Crippen molar-refractivity contribution in [3.63, 3.8) is 0 Å². The molecule has 1 amide bonds. The van der Waals surface area contributed by atoms with Gasteiger partial charge in [0.1, 0.15) is 28.5 Å². The number of carbonyl (C=O) groups is 1. The Morgan fingerprint density at radius 3 is 2.75 bits per heavy atom.